The van der Waals surface area contributed by atoms with E-state index in [1.807, 2.05) is 0 Å². The number of aromatic carboxylic acids is 1. The molecule has 0 aliphatic carbocycles. The highest BCUT2D eigenvalue weighted by Gasteiger charge is 2.24. The average molecular weight is 288 g/mol. The molecule has 2 heterocycles. The Kier molecular flexibility index (Phi) is 3.05. The van der Waals surface area contributed by atoms with E-state index >= 15 is 0 Å². The van der Waals surface area contributed by atoms with E-state index in [4.69, 9.17) is 5.11 Å². The normalized spacial score (nSPS) is 11.4. The average Bonchev–Trinajstić information content (AvgIpc) is 2.86. The van der Waals surface area contributed by atoms with Gasteiger partial charge in [0.2, 0.25) is 0 Å². The number of rotatable bonds is 4. The van der Waals surface area contributed by atoms with Crippen LogP contribution in [-0.4, -0.2) is 34.7 Å². The fraction of sp³-hybridized carbons (Fsp3) is 0.125. The SMILES string of the molecule is Cc1nc(NS(=O)(=O)c2ccsc2C(=O)O)n[nH]1. The second-order valence-corrected chi connectivity index (χ2v) is 5.84. The monoisotopic (exact) mass is 288 g/mol. The van der Waals surface area contributed by atoms with Crippen molar-refractivity contribution in [2.45, 2.75) is 11.8 Å². The van der Waals surface area contributed by atoms with E-state index in [9.17, 15) is 13.2 Å². The standard InChI is InChI=1S/C8H8N4O4S2/c1-4-9-8(11-10-4)12-18(15,16)5-2-3-17-6(5)7(13)14/h2-3H,1H3,(H,13,14)(H2,9,10,11,12). The molecule has 2 aromatic heterocycles. The molecule has 0 bridgehead atoms. The van der Waals surface area contributed by atoms with E-state index in [0.717, 1.165) is 11.3 Å². The van der Waals surface area contributed by atoms with Crippen molar-refractivity contribution >= 4 is 33.3 Å². The van der Waals surface area contributed by atoms with Gasteiger partial charge in [-0.25, -0.2) is 17.9 Å². The molecule has 0 saturated heterocycles. The van der Waals surface area contributed by atoms with Gasteiger partial charge >= 0.3 is 5.97 Å². The summed E-state index contributed by atoms with van der Waals surface area (Å²) in [4.78, 5) is 14.1. The molecule has 0 aliphatic heterocycles. The molecule has 2 rings (SSSR count). The Morgan fingerprint density at radius 1 is 1.56 bits per heavy atom. The zero-order valence-electron chi connectivity index (χ0n) is 9.04. The van der Waals surface area contributed by atoms with Crippen LogP contribution in [0.4, 0.5) is 5.95 Å². The second kappa shape index (κ2) is 4.38. The van der Waals surface area contributed by atoms with Crippen molar-refractivity contribution in [3.05, 3.63) is 22.1 Å². The largest absolute Gasteiger partial charge is 0.477 e. The summed E-state index contributed by atoms with van der Waals surface area (Å²) in [5.41, 5.74) is 0. The number of aryl methyl sites for hydroxylation is 1. The number of hydrogen-bond acceptors (Lipinski definition) is 6. The third kappa shape index (κ3) is 2.33. The van der Waals surface area contributed by atoms with Crippen LogP contribution in [-0.2, 0) is 10.0 Å². The van der Waals surface area contributed by atoms with Gasteiger partial charge in [0.25, 0.3) is 16.0 Å². The maximum atomic E-state index is 11.9. The molecular weight excluding hydrogens is 280 g/mol. The van der Waals surface area contributed by atoms with Gasteiger partial charge < -0.3 is 5.11 Å². The molecule has 0 saturated carbocycles. The van der Waals surface area contributed by atoms with Gasteiger partial charge in [0.05, 0.1) is 0 Å². The van der Waals surface area contributed by atoms with Crippen molar-refractivity contribution in [1.82, 2.24) is 15.2 Å². The summed E-state index contributed by atoms with van der Waals surface area (Å²) in [5.74, 6) is -0.983. The molecule has 8 nitrogen and oxygen atoms in total. The number of carboxylic acids is 1. The van der Waals surface area contributed by atoms with Crippen LogP contribution in [0.5, 0.6) is 0 Å². The molecule has 18 heavy (non-hydrogen) atoms. The zero-order valence-corrected chi connectivity index (χ0v) is 10.7. The van der Waals surface area contributed by atoms with Gasteiger partial charge in [-0.15, -0.1) is 16.4 Å². The quantitative estimate of drug-likeness (QED) is 0.759. The van der Waals surface area contributed by atoms with E-state index in [1.54, 1.807) is 6.92 Å². The van der Waals surface area contributed by atoms with Crippen molar-refractivity contribution in [2.75, 3.05) is 4.72 Å². The number of aromatic amines is 1. The Bertz CT molecular complexity index is 688. The van der Waals surface area contributed by atoms with Gasteiger partial charge in [-0.05, 0) is 18.4 Å². The Labute approximate surface area is 106 Å². The molecule has 10 heteroatoms. The maximum absolute atomic E-state index is 11.9. The fourth-order valence-electron chi connectivity index (χ4n) is 1.23. The van der Waals surface area contributed by atoms with Crippen LogP contribution in [0.1, 0.15) is 15.5 Å². The molecule has 0 fully saturated rings. The summed E-state index contributed by atoms with van der Waals surface area (Å²) in [6, 6.07) is 1.22. The van der Waals surface area contributed by atoms with E-state index in [-0.39, 0.29) is 15.7 Å². The van der Waals surface area contributed by atoms with Gasteiger partial charge in [-0.1, -0.05) is 0 Å². The lowest BCUT2D eigenvalue weighted by Crippen LogP contribution is -2.16. The number of H-pyrrole nitrogens is 1. The lowest BCUT2D eigenvalue weighted by molar-refractivity contribution is 0.0698. The number of aromatic nitrogens is 3. The third-order valence-electron chi connectivity index (χ3n) is 1.94. The number of thiophene rings is 1. The van der Waals surface area contributed by atoms with Crippen molar-refractivity contribution in [3.8, 4) is 0 Å². The molecule has 2 aromatic rings. The van der Waals surface area contributed by atoms with E-state index < -0.39 is 16.0 Å². The first kappa shape index (κ1) is 12.5. The van der Waals surface area contributed by atoms with Crippen LogP contribution in [0.25, 0.3) is 0 Å². The van der Waals surface area contributed by atoms with Crippen LogP contribution in [0.15, 0.2) is 16.3 Å². The first-order valence-corrected chi connectivity index (χ1v) is 6.99. The minimum absolute atomic E-state index is 0.130. The molecule has 96 valence electrons. The summed E-state index contributed by atoms with van der Waals surface area (Å²) in [5, 5.41) is 16.3. The molecule has 0 aliphatic rings. The van der Waals surface area contributed by atoms with Gasteiger partial charge in [-0.2, -0.15) is 4.98 Å². The first-order chi connectivity index (χ1) is 8.40. The lowest BCUT2D eigenvalue weighted by Gasteiger charge is -2.03. The molecule has 0 unspecified atom stereocenters. The second-order valence-electron chi connectivity index (χ2n) is 3.27. The van der Waals surface area contributed by atoms with E-state index in [1.165, 1.54) is 11.4 Å². The van der Waals surface area contributed by atoms with Crippen molar-refractivity contribution in [3.63, 3.8) is 0 Å². The minimum atomic E-state index is -4.00. The summed E-state index contributed by atoms with van der Waals surface area (Å²) >= 11 is 0.833. The van der Waals surface area contributed by atoms with Crippen LogP contribution in [0, 0.1) is 6.92 Å². The van der Waals surface area contributed by atoms with Gasteiger partial charge in [0.15, 0.2) is 0 Å². The predicted molar refractivity (Wildman–Crippen MR) is 63.2 cm³/mol. The van der Waals surface area contributed by atoms with Crippen LogP contribution in [0.2, 0.25) is 0 Å². The number of sulfonamides is 1. The van der Waals surface area contributed by atoms with Crippen LogP contribution in [0.3, 0.4) is 0 Å². The lowest BCUT2D eigenvalue weighted by atomic mass is 10.5. The van der Waals surface area contributed by atoms with Crippen molar-refractivity contribution in [1.29, 1.82) is 0 Å². The highest BCUT2D eigenvalue weighted by Crippen LogP contribution is 2.23. The molecule has 0 radical (unpaired) electrons. The number of carboxylic acid groups (broad SMARTS) is 1. The number of nitrogens with zero attached hydrogens (tertiary/aromatic N) is 2. The van der Waals surface area contributed by atoms with Gasteiger partial charge in [0, 0.05) is 0 Å². The van der Waals surface area contributed by atoms with Crippen LogP contribution >= 0.6 is 11.3 Å². The Morgan fingerprint density at radius 3 is 2.83 bits per heavy atom. The van der Waals surface area contributed by atoms with E-state index in [0.29, 0.717) is 5.82 Å². The summed E-state index contributed by atoms with van der Waals surface area (Å²) in [6.07, 6.45) is 0. The fourth-order valence-corrected chi connectivity index (χ4v) is 3.43. The number of hydrogen-bond donors (Lipinski definition) is 3. The number of anilines is 1. The Morgan fingerprint density at radius 2 is 2.28 bits per heavy atom. The maximum Gasteiger partial charge on any atom is 0.347 e. The molecule has 0 spiro atoms. The van der Waals surface area contributed by atoms with Crippen LogP contribution < -0.4 is 4.72 Å². The van der Waals surface area contributed by atoms with Crippen molar-refractivity contribution < 1.29 is 18.3 Å². The van der Waals surface area contributed by atoms with E-state index in [2.05, 4.69) is 19.9 Å². The van der Waals surface area contributed by atoms with Gasteiger partial charge in [-0.3, -0.25) is 5.10 Å². The topological polar surface area (TPSA) is 125 Å². The summed E-state index contributed by atoms with van der Waals surface area (Å²) in [7, 11) is -4.00. The minimum Gasteiger partial charge on any atom is -0.477 e. The summed E-state index contributed by atoms with van der Waals surface area (Å²) in [6.45, 7) is 1.61. The molecule has 0 amide bonds. The first-order valence-electron chi connectivity index (χ1n) is 4.63. The number of nitrogens with one attached hydrogen (secondary N) is 2. The zero-order chi connectivity index (χ0) is 13.3. The Balaban J connectivity index is 2.37. The summed E-state index contributed by atoms with van der Waals surface area (Å²) < 4.78 is 26.0. The molecule has 0 aromatic carbocycles. The highest BCUT2D eigenvalue weighted by atomic mass is 32.2. The third-order valence-corrected chi connectivity index (χ3v) is 4.34. The number of carbonyl (C=O) groups is 1. The molecular formula is C8H8N4O4S2. The highest BCUT2D eigenvalue weighted by molar-refractivity contribution is 7.93. The Hall–Kier alpha value is -1.94. The smallest absolute Gasteiger partial charge is 0.347 e. The predicted octanol–water partition coefficient (Wildman–Crippen LogP) is 0.674. The molecule has 3 N–H and O–H groups in total. The van der Waals surface area contributed by atoms with Gasteiger partial charge in [0.1, 0.15) is 15.6 Å². The molecule has 0 atom stereocenters. The van der Waals surface area contributed by atoms with Crippen molar-refractivity contribution in [2.24, 2.45) is 0 Å².